The zero-order chi connectivity index (χ0) is 14.0. The Morgan fingerprint density at radius 2 is 2.05 bits per heavy atom. The van der Waals surface area contributed by atoms with Crippen LogP contribution in [0.4, 0.5) is 15.9 Å². The van der Waals surface area contributed by atoms with Crippen molar-refractivity contribution in [1.29, 1.82) is 0 Å². The van der Waals surface area contributed by atoms with Crippen LogP contribution in [0.3, 0.4) is 0 Å². The Morgan fingerprint density at radius 1 is 1.32 bits per heavy atom. The predicted molar refractivity (Wildman–Crippen MR) is 70.0 cm³/mol. The zero-order valence-electron chi connectivity index (χ0n) is 10.1. The fourth-order valence-electron chi connectivity index (χ4n) is 1.56. The van der Waals surface area contributed by atoms with Crippen molar-refractivity contribution in [2.24, 2.45) is 5.14 Å². The van der Waals surface area contributed by atoms with Gasteiger partial charge in [-0.05, 0) is 36.8 Å². The van der Waals surface area contributed by atoms with E-state index >= 15 is 0 Å². The third kappa shape index (κ3) is 3.07. The molecule has 0 unspecified atom stereocenters. The van der Waals surface area contributed by atoms with Crippen molar-refractivity contribution in [3.8, 4) is 0 Å². The quantitative estimate of drug-likeness (QED) is 0.900. The van der Waals surface area contributed by atoms with E-state index in [0.29, 0.717) is 0 Å². The molecule has 3 N–H and O–H groups in total. The van der Waals surface area contributed by atoms with E-state index in [0.717, 1.165) is 5.56 Å². The maximum atomic E-state index is 13.7. The molecule has 0 aliphatic rings. The lowest BCUT2D eigenvalue weighted by atomic mass is 10.2. The molecule has 7 heteroatoms. The van der Waals surface area contributed by atoms with E-state index in [9.17, 15) is 12.8 Å². The summed E-state index contributed by atoms with van der Waals surface area (Å²) in [4.78, 5) is 3.68. The van der Waals surface area contributed by atoms with E-state index in [1.54, 1.807) is 13.0 Å². The molecule has 5 nitrogen and oxygen atoms in total. The van der Waals surface area contributed by atoms with Gasteiger partial charge in [-0.25, -0.2) is 22.9 Å². The smallest absolute Gasteiger partial charge is 0.241 e. The number of anilines is 2. The maximum absolute atomic E-state index is 13.7. The lowest BCUT2D eigenvalue weighted by Gasteiger charge is -2.10. The Hall–Kier alpha value is -1.99. The second-order valence-corrected chi connectivity index (χ2v) is 5.53. The largest absolute Gasteiger partial charge is 0.337 e. The van der Waals surface area contributed by atoms with Crippen molar-refractivity contribution in [3.63, 3.8) is 0 Å². The van der Waals surface area contributed by atoms with Crippen molar-refractivity contribution in [2.45, 2.75) is 11.8 Å². The van der Waals surface area contributed by atoms with Gasteiger partial charge >= 0.3 is 0 Å². The lowest BCUT2D eigenvalue weighted by Crippen LogP contribution is -2.15. The van der Waals surface area contributed by atoms with Crippen LogP contribution in [0.2, 0.25) is 0 Å². The summed E-state index contributed by atoms with van der Waals surface area (Å²) >= 11 is 0. The molecule has 0 aliphatic carbocycles. The molecule has 0 aliphatic heterocycles. The minimum absolute atomic E-state index is 0.00671. The number of aryl methyl sites for hydroxylation is 1. The second kappa shape index (κ2) is 4.94. The SMILES string of the molecule is Cc1ccc(Nc2ncccc2S(N)(=O)=O)c(F)c1. The Bertz CT molecular complexity index is 717. The maximum Gasteiger partial charge on any atom is 0.241 e. The third-order valence-electron chi connectivity index (χ3n) is 2.45. The Labute approximate surface area is 110 Å². The summed E-state index contributed by atoms with van der Waals surface area (Å²) in [5.74, 6) is -0.501. The van der Waals surface area contributed by atoms with E-state index in [1.165, 1.54) is 30.5 Å². The van der Waals surface area contributed by atoms with Crippen LogP contribution in [0, 0.1) is 12.7 Å². The number of sulfonamides is 1. The summed E-state index contributed by atoms with van der Waals surface area (Å²) < 4.78 is 36.5. The minimum Gasteiger partial charge on any atom is -0.337 e. The summed E-state index contributed by atoms with van der Waals surface area (Å²) in [5.41, 5.74) is 0.893. The van der Waals surface area contributed by atoms with Crippen LogP contribution < -0.4 is 10.5 Å². The molecule has 0 saturated heterocycles. The van der Waals surface area contributed by atoms with E-state index in [1.807, 2.05) is 0 Å². The first-order chi connectivity index (χ1) is 8.88. The van der Waals surface area contributed by atoms with Crippen molar-refractivity contribution in [1.82, 2.24) is 4.98 Å². The van der Waals surface area contributed by atoms with Crippen LogP contribution in [0.5, 0.6) is 0 Å². The highest BCUT2D eigenvalue weighted by atomic mass is 32.2. The number of benzene rings is 1. The van der Waals surface area contributed by atoms with Gasteiger partial charge in [-0.2, -0.15) is 0 Å². The van der Waals surface area contributed by atoms with Gasteiger partial charge in [0.25, 0.3) is 0 Å². The molecule has 100 valence electrons. The molecule has 19 heavy (non-hydrogen) atoms. The lowest BCUT2D eigenvalue weighted by molar-refractivity contribution is 0.597. The minimum atomic E-state index is -3.92. The van der Waals surface area contributed by atoms with E-state index < -0.39 is 15.8 Å². The molecule has 0 atom stereocenters. The highest BCUT2D eigenvalue weighted by molar-refractivity contribution is 7.89. The molecule has 0 bridgehead atoms. The average molecular weight is 281 g/mol. The number of hydrogen-bond acceptors (Lipinski definition) is 4. The number of nitrogens with one attached hydrogen (secondary N) is 1. The number of aromatic nitrogens is 1. The van der Waals surface area contributed by atoms with Crippen LogP contribution in [-0.4, -0.2) is 13.4 Å². The molecule has 1 aromatic heterocycles. The standard InChI is InChI=1S/C12H12FN3O2S/c1-8-4-5-10(9(13)7-8)16-12-11(19(14,17)18)3-2-6-15-12/h2-7H,1H3,(H,15,16)(H2,14,17,18). The molecule has 2 aromatic rings. The highest BCUT2D eigenvalue weighted by Crippen LogP contribution is 2.23. The summed E-state index contributed by atoms with van der Waals surface area (Å²) in [5, 5.41) is 7.70. The second-order valence-electron chi connectivity index (χ2n) is 4.00. The van der Waals surface area contributed by atoms with E-state index in [-0.39, 0.29) is 16.4 Å². The zero-order valence-corrected chi connectivity index (χ0v) is 10.9. The average Bonchev–Trinajstić information content (AvgIpc) is 2.32. The van der Waals surface area contributed by atoms with Gasteiger partial charge in [0, 0.05) is 6.20 Å². The Kier molecular flexibility index (Phi) is 3.50. The fourth-order valence-corrected chi connectivity index (χ4v) is 2.20. The van der Waals surface area contributed by atoms with Crippen LogP contribution >= 0.6 is 0 Å². The molecular weight excluding hydrogens is 269 g/mol. The van der Waals surface area contributed by atoms with Gasteiger partial charge in [0.1, 0.15) is 10.7 Å². The van der Waals surface area contributed by atoms with Gasteiger partial charge in [-0.3, -0.25) is 0 Å². The van der Waals surface area contributed by atoms with Crippen molar-refractivity contribution in [3.05, 3.63) is 47.9 Å². The third-order valence-corrected chi connectivity index (χ3v) is 3.40. The number of rotatable bonds is 3. The predicted octanol–water partition coefficient (Wildman–Crippen LogP) is 1.92. The summed E-state index contributed by atoms with van der Waals surface area (Å²) in [6.07, 6.45) is 1.39. The van der Waals surface area contributed by atoms with Crippen LogP contribution in [-0.2, 0) is 10.0 Å². The summed E-state index contributed by atoms with van der Waals surface area (Å²) in [6, 6.07) is 7.28. The molecule has 0 fully saturated rings. The fraction of sp³-hybridized carbons (Fsp3) is 0.0833. The van der Waals surface area contributed by atoms with Gasteiger partial charge in [0.2, 0.25) is 10.0 Å². The highest BCUT2D eigenvalue weighted by Gasteiger charge is 2.15. The molecule has 1 aromatic carbocycles. The number of halogens is 1. The monoisotopic (exact) mass is 281 g/mol. The van der Waals surface area contributed by atoms with E-state index in [4.69, 9.17) is 5.14 Å². The van der Waals surface area contributed by atoms with E-state index in [2.05, 4.69) is 10.3 Å². The van der Waals surface area contributed by atoms with Gasteiger partial charge in [0.15, 0.2) is 5.82 Å². The topological polar surface area (TPSA) is 85.1 Å². The first kappa shape index (κ1) is 13.4. The first-order valence-corrected chi connectivity index (χ1v) is 6.93. The van der Waals surface area contributed by atoms with Crippen molar-refractivity contribution < 1.29 is 12.8 Å². The van der Waals surface area contributed by atoms with Crippen molar-refractivity contribution in [2.75, 3.05) is 5.32 Å². The van der Waals surface area contributed by atoms with Crippen LogP contribution in [0.1, 0.15) is 5.56 Å². The summed E-state index contributed by atoms with van der Waals surface area (Å²) in [6.45, 7) is 1.75. The van der Waals surface area contributed by atoms with Gasteiger partial charge in [-0.15, -0.1) is 0 Å². The number of nitrogens with zero attached hydrogens (tertiary/aromatic N) is 1. The van der Waals surface area contributed by atoms with Gasteiger partial charge in [0.05, 0.1) is 5.69 Å². The number of hydrogen-bond donors (Lipinski definition) is 2. The van der Waals surface area contributed by atoms with Crippen LogP contribution in [0.15, 0.2) is 41.4 Å². The molecule has 2 rings (SSSR count). The first-order valence-electron chi connectivity index (χ1n) is 5.39. The van der Waals surface area contributed by atoms with Gasteiger partial charge < -0.3 is 5.32 Å². The molecular formula is C12H12FN3O2S. The Balaban J connectivity index is 2.44. The summed E-state index contributed by atoms with van der Waals surface area (Å²) in [7, 11) is -3.92. The van der Waals surface area contributed by atoms with Crippen molar-refractivity contribution >= 4 is 21.5 Å². The molecule has 0 spiro atoms. The molecule has 0 saturated carbocycles. The molecule has 0 radical (unpaired) electrons. The van der Waals surface area contributed by atoms with Gasteiger partial charge in [-0.1, -0.05) is 6.07 Å². The number of nitrogens with two attached hydrogens (primary N) is 1. The number of pyridine rings is 1. The molecule has 0 amide bonds. The van der Waals surface area contributed by atoms with Crippen LogP contribution in [0.25, 0.3) is 0 Å². The molecule has 1 heterocycles. The normalized spacial score (nSPS) is 11.3. The Morgan fingerprint density at radius 3 is 2.68 bits per heavy atom. The number of primary sulfonamides is 1.